The van der Waals surface area contributed by atoms with E-state index < -0.39 is 0 Å². The number of pyridine rings is 1. The van der Waals surface area contributed by atoms with E-state index in [4.69, 9.17) is 0 Å². The summed E-state index contributed by atoms with van der Waals surface area (Å²) < 4.78 is 1.66. The molecule has 0 bridgehead atoms. The van der Waals surface area contributed by atoms with Crippen molar-refractivity contribution in [2.24, 2.45) is 0 Å². The summed E-state index contributed by atoms with van der Waals surface area (Å²) in [5, 5.41) is 2.78. The molecule has 1 aromatic heterocycles. The van der Waals surface area contributed by atoms with E-state index in [1.807, 2.05) is 19.9 Å². The Hall–Kier alpha value is -1.58. The Morgan fingerprint density at radius 1 is 1.50 bits per heavy atom. The largest absolute Gasteiger partial charge is 0.356 e. The minimum atomic E-state index is 0.0156. The summed E-state index contributed by atoms with van der Waals surface area (Å²) in [6, 6.07) is 3.52. The van der Waals surface area contributed by atoms with Crippen LogP contribution in [0, 0.1) is 6.92 Å². The first-order chi connectivity index (χ1) is 7.63. The second kappa shape index (κ2) is 6.10. The van der Waals surface area contributed by atoms with Gasteiger partial charge in [0, 0.05) is 31.8 Å². The SMILES string of the molecule is CCC(=O)NCCCn1ccc(C)cc1=O. The molecule has 1 amide bonds. The molecule has 16 heavy (non-hydrogen) atoms. The third kappa shape index (κ3) is 3.88. The van der Waals surface area contributed by atoms with Gasteiger partial charge in [-0.2, -0.15) is 0 Å². The van der Waals surface area contributed by atoms with Crippen molar-refractivity contribution in [1.29, 1.82) is 0 Å². The summed E-state index contributed by atoms with van der Waals surface area (Å²) in [7, 11) is 0. The quantitative estimate of drug-likeness (QED) is 0.758. The first-order valence-electron chi connectivity index (χ1n) is 5.57. The molecule has 0 spiro atoms. The van der Waals surface area contributed by atoms with E-state index in [2.05, 4.69) is 5.32 Å². The van der Waals surface area contributed by atoms with Crippen molar-refractivity contribution in [3.05, 3.63) is 34.2 Å². The van der Waals surface area contributed by atoms with Gasteiger partial charge in [0.1, 0.15) is 0 Å². The van der Waals surface area contributed by atoms with Crippen LogP contribution in [-0.4, -0.2) is 17.0 Å². The number of carbonyl (C=O) groups excluding carboxylic acids is 1. The molecule has 88 valence electrons. The fourth-order valence-electron chi connectivity index (χ4n) is 1.39. The van der Waals surface area contributed by atoms with Crippen LogP contribution in [0.5, 0.6) is 0 Å². The maximum Gasteiger partial charge on any atom is 0.250 e. The zero-order valence-electron chi connectivity index (χ0n) is 9.82. The zero-order chi connectivity index (χ0) is 12.0. The summed E-state index contributed by atoms with van der Waals surface area (Å²) in [4.78, 5) is 22.5. The van der Waals surface area contributed by atoms with Gasteiger partial charge in [-0.1, -0.05) is 6.92 Å². The Balaban J connectivity index is 2.38. The van der Waals surface area contributed by atoms with Gasteiger partial charge in [-0.3, -0.25) is 9.59 Å². The van der Waals surface area contributed by atoms with Crippen molar-refractivity contribution in [2.45, 2.75) is 33.2 Å². The van der Waals surface area contributed by atoms with E-state index in [0.717, 1.165) is 12.0 Å². The van der Waals surface area contributed by atoms with Gasteiger partial charge in [-0.15, -0.1) is 0 Å². The Bertz CT molecular complexity index is 410. The molecular weight excluding hydrogens is 204 g/mol. The molecule has 4 nitrogen and oxygen atoms in total. The molecule has 1 aromatic rings. The number of aromatic nitrogens is 1. The Labute approximate surface area is 95.3 Å². The minimum Gasteiger partial charge on any atom is -0.356 e. The van der Waals surface area contributed by atoms with E-state index in [1.54, 1.807) is 16.8 Å². The molecule has 4 heteroatoms. The fourth-order valence-corrected chi connectivity index (χ4v) is 1.39. The van der Waals surface area contributed by atoms with Gasteiger partial charge in [0.05, 0.1) is 0 Å². The van der Waals surface area contributed by atoms with E-state index in [9.17, 15) is 9.59 Å². The van der Waals surface area contributed by atoms with E-state index in [0.29, 0.717) is 19.5 Å². The summed E-state index contributed by atoms with van der Waals surface area (Å²) in [6.07, 6.45) is 3.07. The van der Waals surface area contributed by atoms with Crippen molar-refractivity contribution in [3.8, 4) is 0 Å². The maximum atomic E-state index is 11.5. The lowest BCUT2D eigenvalue weighted by Gasteiger charge is -2.06. The maximum absolute atomic E-state index is 11.5. The lowest BCUT2D eigenvalue weighted by atomic mass is 10.3. The lowest BCUT2D eigenvalue weighted by molar-refractivity contribution is -0.120. The Kier molecular flexibility index (Phi) is 4.76. The van der Waals surface area contributed by atoms with Gasteiger partial charge in [-0.05, 0) is 25.0 Å². The average molecular weight is 222 g/mol. The number of carbonyl (C=O) groups is 1. The van der Waals surface area contributed by atoms with Crippen molar-refractivity contribution >= 4 is 5.91 Å². The summed E-state index contributed by atoms with van der Waals surface area (Å²) in [5.74, 6) is 0.0521. The Morgan fingerprint density at radius 2 is 2.25 bits per heavy atom. The summed E-state index contributed by atoms with van der Waals surface area (Å²) in [5.41, 5.74) is 0.988. The monoisotopic (exact) mass is 222 g/mol. The van der Waals surface area contributed by atoms with Crippen molar-refractivity contribution in [2.75, 3.05) is 6.54 Å². The topological polar surface area (TPSA) is 51.1 Å². The molecule has 0 saturated heterocycles. The van der Waals surface area contributed by atoms with Gasteiger partial charge in [0.2, 0.25) is 5.91 Å². The predicted octanol–water partition coefficient (Wildman–Crippen LogP) is 1.07. The molecular formula is C12H18N2O2. The minimum absolute atomic E-state index is 0.0156. The van der Waals surface area contributed by atoms with Crippen LogP contribution in [-0.2, 0) is 11.3 Å². The second-order valence-corrected chi connectivity index (χ2v) is 3.79. The van der Waals surface area contributed by atoms with Crippen LogP contribution in [0.2, 0.25) is 0 Å². The van der Waals surface area contributed by atoms with Crippen LogP contribution in [0.1, 0.15) is 25.3 Å². The van der Waals surface area contributed by atoms with Crippen LogP contribution < -0.4 is 10.9 Å². The first kappa shape index (κ1) is 12.5. The average Bonchev–Trinajstić information content (AvgIpc) is 2.26. The third-order valence-electron chi connectivity index (χ3n) is 2.37. The number of hydrogen-bond acceptors (Lipinski definition) is 2. The molecule has 0 aliphatic carbocycles. The Morgan fingerprint density at radius 3 is 2.88 bits per heavy atom. The van der Waals surface area contributed by atoms with Gasteiger partial charge < -0.3 is 9.88 Å². The van der Waals surface area contributed by atoms with Crippen molar-refractivity contribution < 1.29 is 4.79 Å². The van der Waals surface area contributed by atoms with E-state index >= 15 is 0 Å². The number of aryl methyl sites for hydroxylation is 2. The predicted molar refractivity (Wildman–Crippen MR) is 63.4 cm³/mol. The number of rotatable bonds is 5. The van der Waals surface area contributed by atoms with Gasteiger partial charge in [0.15, 0.2) is 0 Å². The number of nitrogens with one attached hydrogen (secondary N) is 1. The summed E-state index contributed by atoms with van der Waals surface area (Å²) >= 11 is 0. The standard InChI is InChI=1S/C12H18N2O2/c1-3-11(15)13-6-4-7-14-8-5-10(2)9-12(14)16/h5,8-9H,3-4,6-7H2,1-2H3,(H,13,15). The fraction of sp³-hybridized carbons (Fsp3) is 0.500. The highest BCUT2D eigenvalue weighted by molar-refractivity contribution is 5.75. The molecule has 0 aliphatic rings. The first-order valence-corrected chi connectivity index (χ1v) is 5.57. The third-order valence-corrected chi connectivity index (χ3v) is 2.37. The highest BCUT2D eigenvalue weighted by atomic mass is 16.1. The molecule has 1 N–H and O–H groups in total. The molecule has 0 radical (unpaired) electrons. The zero-order valence-corrected chi connectivity index (χ0v) is 9.82. The van der Waals surface area contributed by atoms with Crippen molar-refractivity contribution in [1.82, 2.24) is 9.88 Å². The number of amides is 1. The molecule has 0 aliphatic heterocycles. The van der Waals surface area contributed by atoms with Crippen LogP contribution in [0.4, 0.5) is 0 Å². The molecule has 0 fully saturated rings. The molecule has 1 heterocycles. The highest BCUT2D eigenvalue weighted by Gasteiger charge is 1.97. The van der Waals surface area contributed by atoms with Crippen molar-refractivity contribution in [3.63, 3.8) is 0 Å². The van der Waals surface area contributed by atoms with Crippen LogP contribution in [0.3, 0.4) is 0 Å². The number of hydrogen-bond donors (Lipinski definition) is 1. The molecule has 0 atom stereocenters. The number of nitrogens with zero attached hydrogens (tertiary/aromatic N) is 1. The van der Waals surface area contributed by atoms with Crippen LogP contribution >= 0.6 is 0 Å². The van der Waals surface area contributed by atoms with Gasteiger partial charge in [-0.25, -0.2) is 0 Å². The van der Waals surface area contributed by atoms with Gasteiger partial charge in [0.25, 0.3) is 5.56 Å². The van der Waals surface area contributed by atoms with E-state index in [1.165, 1.54) is 0 Å². The smallest absolute Gasteiger partial charge is 0.250 e. The van der Waals surface area contributed by atoms with E-state index in [-0.39, 0.29) is 11.5 Å². The lowest BCUT2D eigenvalue weighted by Crippen LogP contribution is -2.26. The summed E-state index contributed by atoms with van der Waals surface area (Å²) in [6.45, 7) is 4.98. The van der Waals surface area contributed by atoms with Gasteiger partial charge >= 0.3 is 0 Å². The molecule has 1 rings (SSSR count). The van der Waals surface area contributed by atoms with Crippen LogP contribution in [0.15, 0.2) is 23.1 Å². The molecule has 0 saturated carbocycles. The molecule has 0 aromatic carbocycles. The van der Waals surface area contributed by atoms with Crippen LogP contribution in [0.25, 0.3) is 0 Å². The second-order valence-electron chi connectivity index (χ2n) is 3.79. The highest BCUT2D eigenvalue weighted by Crippen LogP contribution is 1.92. The normalized spacial score (nSPS) is 10.1. The molecule has 0 unspecified atom stereocenters.